The topological polar surface area (TPSA) is 78.9 Å². The predicted molar refractivity (Wildman–Crippen MR) is 133 cm³/mol. The highest BCUT2D eigenvalue weighted by Crippen LogP contribution is 2.33. The lowest BCUT2D eigenvalue weighted by atomic mass is 9.84. The molecule has 0 spiro atoms. The van der Waals surface area contributed by atoms with Crippen molar-refractivity contribution in [3.63, 3.8) is 0 Å². The summed E-state index contributed by atoms with van der Waals surface area (Å²) >= 11 is 0. The zero-order valence-corrected chi connectivity index (χ0v) is 20.2. The molecule has 6 nitrogen and oxygen atoms in total. The number of carboxylic acid groups (broad SMARTS) is 1. The van der Waals surface area contributed by atoms with Crippen LogP contribution in [0.3, 0.4) is 0 Å². The normalized spacial score (nSPS) is 19.9. The standard InChI is InChI=1S/C28H36N2O4/c1-19(2)22-14-12-21(13-15-22)17-30-25-10-6-7-11-26(25)34-18-24(27(30)31)29-23(28(32)33)16-20-8-4-3-5-9-20/h6-7,10-15,19-20,23-24,29H,3-5,8-9,16-18H2,1-2H3,(H,32,33)/t23-,24?/m1/s1. The number of carbonyl (C=O) groups is 2. The number of carbonyl (C=O) groups excluding carboxylic acids is 1. The maximum atomic E-state index is 13.7. The van der Waals surface area contributed by atoms with Crippen molar-refractivity contribution in [1.82, 2.24) is 5.32 Å². The Labute approximate surface area is 202 Å². The van der Waals surface area contributed by atoms with E-state index in [1.54, 1.807) is 4.90 Å². The molecule has 1 heterocycles. The lowest BCUT2D eigenvalue weighted by Gasteiger charge is -2.29. The van der Waals surface area contributed by atoms with Crippen molar-refractivity contribution < 1.29 is 19.4 Å². The van der Waals surface area contributed by atoms with Gasteiger partial charge in [-0.2, -0.15) is 0 Å². The van der Waals surface area contributed by atoms with Crippen LogP contribution < -0.4 is 15.0 Å². The summed E-state index contributed by atoms with van der Waals surface area (Å²) in [5.41, 5.74) is 2.98. The van der Waals surface area contributed by atoms with Gasteiger partial charge in [-0.15, -0.1) is 0 Å². The molecule has 1 saturated carbocycles. The highest BCUT2D eigenvalue weighted by Gasteiger charge is 2.35. The van der Waals surface area contributed by atoms with Crippen molar-refractivity contribution in [1.29, 1.82) is 0 Å². The van der Waals surface area contributed by atoms with E-state index in [1.165, 1.54) is 12.0 Å². The molecule has 1 amide bonds. The van der Waals surface area contributed by atoms with Gasteiger partial charge in [-0.05, 0) is 41.5 Å². The van der Waals surface area contributed by atoms with Crippen LogP contribution in [0.15, 0.2) is 48.5 Å². The lowest BCUT2D eigenvalue weighted by molar-refractivity contribution is -0.140. The number of aliphatic carboxylic acids is 1. The molecule has 1 fully saturated rings. The molecule has 2 N–H and O–H groups in total. The van der Waals surface area contributed by atoms with Crippen molar-refractivity contribution in [3.05, 3.63) is 59.7 Å². The summed E-state index contributed by atoms with van der Waals surface area (Å²) in [6.07, 6.45) is 6.20. The van der Waals surface area contributed by atoms with Crippen molar-refractivity contribution in [2.24, 2.45) is 5.92 Å². The number of nitrogens with zero attached hydrogens (tertiary/aromatic N) is 1. The molecule has 2 atom stereocenters. The van der Waals surface area contributed by atoms with E-state index in [2.05, 4.69) is 43.4 Å². The molecule has 4 rings (SSSR count). The van der Waals surface area contributed by atoms with Crippen LogP contribution in [0.1, 0.15) is 69.4 Å². The number of anilines is 1. The van der Waals surface area contributed by atoms with Crippen LogP contribution in [0.5, 0.6) is 5.75 Å². The molecular weight excluding hydrogens is 428 g/mol. The predicted octanol–water partition coefficient (Wildman–Crippen LogP) is 5.12. The van der Waals surface area contributed by atoms with Gasteiger partial charge in [-0.25, -0.2) is 0 Å². The van der Waals surface area contributed by atoms with Crippen LogP contribution in [0.4, 0.5) is 5.69 Å². The molecule has 6 heteroatoms. The molecular formula is C28H36N2O4. The van der Waals surface area contributed by atoms with Gasteiger partial charge in [0.05, 0.1) is 12.2 Å². The fraction of sp³-hybridized carbons (Fsp3) is 0.500. The maximum absolute atomic E-state index is 13.7. The fourth-order valence-corrected chi connectivity index (χ4v) is 5.07. The van der Waals surface area contributed by atoms with E-state index in [1.807, 2.05) is 24.3 Å². The fourth-order valence-electron chi connectivity index (χ4n) is 5.07. The molecule has 2 aromatic rings. The second-order valence-electron chi connectivity index (χ2n) is 9.95. The van der Waals surface area contributed by atoms with Gasteiger partial charge in [0.2, 0.25) is 5.91 Å². The minimum absolute atomic E-state index is 0.104. The number of rotatable bonds is 8. The average molecular weight is 465 g/mol. The van der Waals surface area contributed by atoms with Crippen molar-refractivity contribution >= 4 is 17.6 Å². The Balaban J connectivity index is 1.55. The summed E-state index contributed by atoms with van der Waals surface area (Å²) < 4.78 is 6.00. The van der Waals surface area contributed by atoms with E-state index in [-0.39, 0.29) is 12.5 Å². The van der Waals surface area contributed by atoms with Crippen LogP contribution in [0, 0.1) is 5.92 Å². The quantitative estimate of drug-likeness (QED) is 0.567. The lowest BCUT2D eigenvalue weighted by Crippen LogP contribution is -2.54. The van der Waals surface area contributed by atoms with Gasteiger partial charge in [-0.3, -0.25) is 14.9 Å². The number of benzene rings is 2. The Morgan fingerprint density at radius 1 is 1.09 bits per heavy atom. The molecule has 2 aliphatic rings. The van der Waals surface area contributed by atoms with E-state index in [4.69, 9.17) is 4.74 Å². The molecule has 1 aliphatic heterocycles. The Bertz CT molecular complexity index is 982. The largest absolute Gasteiger partial charge is 0.489 e. The van der Waals surface area contributed by atoms with Crippen LogP contribution >= 0.6 is 0 Å². The second kappa shape index (κ2) is 11.0. The zero-order chi connectivity index (χ0) is 24.1. The summed E-state index contributed by atoms with van der Waals surface area (Å²) in [4.78, 5) is 27.5. The Morgan fingerprint density at radius 3 is 2.47 bits per heavy atom. The Kier molecular flexibility index (Phi) is 7.88. The first kappa shape index (κ1) is 24.3. The molecule has 182 valence electrons. The molecule has 2 aromatic carbocycles. The summed E-state index contributed by atoms with van der Waals surface area (Å²) in [7, 11) is 0. The van der Waals surface area contributed by atoms with E-state index in [9.17, 15) is 14.7 Å². The summed E-state index contributed by atoms with van der Waals surface area (Å²) in [5, 5.41) is 13.1. The van der Waals surface area contributed by atoms with Crippen molar-refractivity contribution in [3.8, 4) is 5.75 Å². The average Bonchev–Trinajstić information content (AvgIpc) is 2.97. The first-order chi connectivity index (χ1) is 16.4. The molecule has 0 aromatic heterocycles. The highest BCUT2D eigenvalue weighted by molar-refractivity contribution is 5.99. The van der Waals surface area contributed by atoms with Gasteiger partial charge >= 0.3 is 5.97 Å². The van der Waals surface area contributed by atoms with E-state index >= 15 is 0 Å². The summed E-state index contributed by atoms with van der Waals surface area (Å²) in [6, 6.07) is 14.3. The number of amides is 1. The van der Waals surface area contributed by atoms with Crippen LogP contribution in [-0.4, -0.2) is 35.7 Å². The Morgan fingerprint density at radius 2 is 1.79 bits per heavy atom. The van der Waals surface area contributed by atoms with Crippen molar-refractivity contribution in [2.45, 2.75) is 76.9 Å². The third-order valence-electron chi connectivity index (χ3n) is 7.11. The highest BCUT2D eigenvalue weighted by atomic mass is 16.5. The van der Waals surface area contributed by atoms with Crippen LogP contribution in [0.25, 0.3) is 0 Å². The molecule has 34 heavy (non-hydrogen) atoms. The van der Waals surface area contributed by atoms with E-state index in [0.29, 0.717) is 36.2 Å². The summed E-state index contributed by atoms with van der Waals surface area (Å²) in [6.45, 7) is 4.82. The first-order valence-electron chi connectivity index (χ1n) is 12.5. The van der Waals surface area contributed by atoms with E-state index < -0.39 is 18.1 Å². The Hall–Kier alpha value is -2.86. The van der Waals surface area contributed by atoms with Crippen molar-refractivity contribution in [2.75, 3.05) is 11.5 Å². The zero-order valence-electron chi connectivity index (χ0n) is 20.2. The van der Waals surface area contributed by atoms with E-state index in [0.717, 1.165) is 31.2 Å². The number of hydrogen-bond donors (Lipinski definition) is 2. The smallest absolute Gasteiger partial charge is 0.320 e. The molecule has 0 bridgehead atoms. The second-order valence-corrected chi connectivity index (χ2v) is 9.95. The number of fused-ring (bicyclic) bond motifs is 1. The third-order valence-corrected chi connectivity index (χ3v) is 7.11. The van der Waals surface area contributed by atoms with Crippen LogP contribution in [0.2, 0.25) is 0 Å². The van der Waals surface area contributed by atoms with Gasteiger partial charge in [-0.1, -0.05) is 82.3 Å². The molecule has 1 unspecified atom stereocenters. The monoisotopic (exact) mass is 464 g/mol. The number of ether oxygens (including phenoxy) is 1. The third kappa shape index (κ3) is 5.79. The van der Waals surface area contributed by atoms with Gasteiger partial charge in [0.25, 0.3) is 0 Å². The number of hydrogen-bond acceptors (Lipinski definition) is 4. The number of nitrogens with one attached hydrogen (secondary N) is 1. The SMILES string of the molecule is CC(C)c1ccc(CN2C(=O)C(N[C@H](CC3CCCCC3)C(=O)O)COc3ccccc32)cc1. The van der Waals surface area contributed by atoms with Gasteiger partial charge in [0, 0.05) is 0 Å². The molecule has 0 radical (unpaired) electrons. The molecule has 1 aliphatic carbocycles. The van der Waals surface area contributed by atoms with Gasteiger partial charge < -0.3 is 14.7 Å². The minimum atomic E-state index is -0.907. The molecule has 0 saturated heterocycles. The first-order valence-corrected chi connectivity index (χ1v) is 12.5. The van der Waals surface area contributed by atoms with Crippen LogP contribution in [-0.2, 0) is 16.1 Å². The van der Waals surface area contributed by atoms with Gasteiger partial charge in [0.1, 0.15) is 24.4 Å². The number of para-hydroxylation sites is 2. The van der Waals surface area contributed by atoms with Gasteiger partial charge in [0.15, 0.2) is 0 Å². The summed E-state index contributed by atoms with van der Waals surface area (Å²) in [5.74, 6) is 0.396. The maximum Gasteiger partial charge on any atom is 0.320 e. The minimum Gasteiger partial charge on any atom is -0.489 e. The number of carboxylic acids is 1.